The van der Waals surface area contributed by atoms with Crippen LogP contribution in [-0.2, 0) is 23.0 Å². The molecule has 1 aromatic heterocycles. The Kier molecular flexibility index (Phi) is 3.65. The van der Waals surface area contributed by atoms with Crippen molar-refractivity contribution in [2.75, 3.05) is 16.8 Å². The molecule has 2 heterocycles. The third-order valence-electron chi connectivity index (χ3n) is 4.42. The Labute approximate surface area is 141 Å². The number of primary sulfonamides is 1. The molecule has 0 amide bonds. The summed E-state index contributed by atoms with van der Waals surface area (Å²) in [5, 5.41) is 8.61. The Hall–Kier alpha value is -2.19. The number of nitrogens with two attached hydrogens (primary N) is 1. The lowest BCUT2D eigenvalue weighted by Gasteiger charge is -2.30. The molecule has 1 aromatic carbocycles. The van der Waals surface area contributed by atoms with Crippen LogP contribution in [0.25, 0.3) is 0 Å². The molecular weight excluding hydrogens is 326 g/mol. The summed E-state index contributed by atoms with van der Waals surface area (Å²) in [7, 11) is -3.69. The number of benzene rings is 1. The number of hydrogen-bond donors (Lipinski definition) is 2. The van der Waals surface area contributed by atoms with Crippen LogP contribution in [0.4, 0.5) is 11.6 Å². The molecule has 24 heavy (non-hydrogen) atoms. The van der Waals surface area contributed by atoms with Crippen LogP contribution in [0.15, 0.2) is 35.5 Å². The third kappa shape index (κ3) is 3.20. The van der Waals surface area contributed by atoms with Crippen molar-refractivity contribution in [1.29, 1.82) is 0 Å². The predicted octanol–water partition coefficient (Wildman–Crippen LogP) is 1.26. The smallest absolute Gasteiger partial charge is 0.238 e. The Morgan fingerprint density at radius 1 is 1.17 bits per heavy atom. The highest BCUT2D eigenvalue weighted by atomic mass is 32.2. The van der Waals surface area contributed by atoms with Crippen LogP contribution in [0.1, 0.15) is 24.0 Å². The fourth-order valence-electron chi connectivity index (χ4n) is 2.94. The van der Waals surface area contributed by atoms with Gasteiger partial charge in [-0.25, -0.2) is 23.5 Å². The van der Waals surface area contributed by atoms with Crippen LogP contribution in [0.3, 0.4) is 0 Å². The zero-order valence-corrected chi connectivity index (χ0v) is 14.0. The van der Waals surface area contributed by atoms with E-state index in [1.807, 2.05) is 12.1 Å². The molecule has 0 saturated heterocycles. The van der Waals surface area contributed by atoms with Crippen molar-refractivity contribution in [3.63, 3.8) is 0 Å². The largest absolute Gasteiger partial charge is 0.367 e. The molecule has 126 valence electrons. The Bertz CT molecular complexity index is 880. The van der Waals surface area contributed by atoms with E-state index in [4.69, 9.17) is 5.14 Å². The van der Waals surface area contributed by atoms with Crippen molar-refractivity contribution >= 4 is 21.7 Å². The van der Waals surface area contributed by atoms with Crippen LogP contribution in [0.2, 0.25) is 0 Å². The van der Waals surface area contributed by atoms with Gasteiger partial charge >= 0.3 is 0 Å². The van der Waals surface area contributed by atoms with E-state index >= 15 is 0 Å². The molecule has 2 aromatic rings. The first-order valence-corrected chi connectivity index (χ1v) is 9.52. The topological polar surface area (TPSA) is 101 Å². The first kappa shape index (κ1) is 15.3. The predicted molar refractivity (Wildman–Crippen MR) is 91.2 cm³/mol. The zero-order valence-electron chi connectivity index (χ0n) is 13.1. The molecule has 1 saturated carbocycles. The first-order chi connectivity index (χ1) is 11.5. The number of rotatable bonds is 4. The summed E-state index contributed by atoms with van der Waals surface area (Å²) in [6.07, 6.45) is 4.78. The van der Waals surface area contributed by atoms with Gasteiger partial charge in [0, 0.05) is 25.2 Å². The summed E-state index contributed by atoms with van der Waals surface area (Å²) >= 11 is 0. The monoisotopic (exact) mass is 345 g/mol. The molecular formula is C16H19N5O2S. The van der Waals surface area contributed by atoms with Crippen LogP contribution >= 0.6 is 0 Å². The summed E-state index contributed by atoms with van der Waals surface area (Å²) in [5.41, 5.74) is 2.13. The standard InChI is InChI=1S/C16H19N5O2S/c17-24(22,23)14-4-1-11-5-6-21(9-12(11)7-14)16-8-15(18-10-19-16)20-13-2-3-13/h1,4,7-8,10,13H,2-3,5-6,9H2,(H2,17,22,23)(H,18,19,20). The number of nitrogens with one attached hydrogen (secondary N) is 1. The first-order valence-electron chi connectivity index (χ1n) is 7.97. The van der Waals surface area contributed by atoms with E-state index in [1.165, 1.54) is 12.8 Å². The van der Waals surface area contributed by atoms with Gasteiger partial charge in [0.15, 0.2) is 0 Å². The highest BCUT2D eigenvalue weighted by Crippen LogP contribution is 2.28. The normalized spacial score (nSPS) is 17.5. The lowest BCUT2D eigenvalue weighted by molar-refractivity contribution is 0.597. The third-order valence-corrected chi connectivity index (χ3v) is 5.34. The maximum absolute atomic E-state index is 11.6. The van der Waals surface area contributed by atoms with E-state index < -0.39 is 10.0 Å². The van der Waals surface area contributed by atoms with E-state index in [2.05, 4.69) is 20.2 Å². The Morgan fingerprint density at radius 3 is 2.75 bits per heavy atom. The molecule has 0 atom stereocenters. The maximum atomic E-state index is 11.6. The highest BCUT2D eigenvalue weighted by Gasteiger charge is 2.23. The van der Waals surface area contributed by atoms with Crippen molar-refractivity contribution in [3.8, 4) is 0 Å². The number of aromatic nitrogens is 2. The number of sulfonamides is 1. The molecule has 3 N–H and O–H groups in total. The molecule has 0 radical (unpaired) electrons. The molecule has 0 bridgehead atoms. The molecule has 0 unspecified atom stereocenters. The average Bonchev–Trinajstić information content (AvgIpc) is 3.37. The minimum Gasteiger partial charge on any atom is -0.367 e. The summed E-state index contributed by atoms with van der Waals surface area (Å²) in [6, 6.07) is 7.58. The van der Waals surface area contributed by atoms with Crippen LogP contribution < -0.4 is 15.4 Å². The van der Waals surface area contributed by atoms with Gasteiger partial charge in [-0.15, -0.1) is 0 Å². The fourth-order valence-corrected chi connectivity index (χ4v) is 3.51. The van der Waals surface area contributed by atoms with Crippen LogP contribution in [0.5, 0.6) is 0 Å². The van der Waals surface area contributed by atoms with Crippen molar-refractivity contribution in [2.45, 2.75) is 36.7 Å². The number of anilines is 2. The van der Waals surface area contributed by atoms with Gasteiger partial charge in [0.2, 0.25) is 10.0 Å². The van der Waals surface area contributed by atoms with E-state index in [1.54, 1.807) is 18.5 Å². The lowest BCUT2D eigenvalue weighted by atomic mass is 10.00. The molecule has 1 aliphatic heterocycles. The van der Waals surface area contributed by atoms with Crippen molar-refractivity contribution in [3.05, 3.63) is 41.7 Å². The van der Waals surface area contributed by atoms with Crippen molar-refractivity contribution < 1.29 is 8.42 Å². The van der Waals surface area contributed by atoms with Gasteiger partial charge in [0.25, 0.3) is 0 Å². The maximum Gasteiger partial charge on any atom is 0.238 e. The number of nitrogens with zero attached hydrogens (tertiary/aromatic N) is 3. The number of fused-ring (bicyclic) bond motifs is 1. The van der Waals surface area contributed by atoms with Crippen LogP contribution in [0, 0.1) is 0 Å². The lowest BCUT2D eigenvalue weighted by Crippen LogP contribution is -2.31. The average molecular weight is 345 g/mol. The molecule has 8 heteroatoms. The van der Waals surface area contributed by atoms with Crippen molar-refractivity contribution in [2.24, 2.45) is 5.14 Å². The van der Waals surface area contributed by atoms with Gasteiger partial charge in [0.1, 0.15) is 18.0 Å². The van der Waals surface area contributed by atoms with E-state index in [9.17, 15) is 8.42 Å². The van der Waals surface area contributed by atoms with Crippen molar-refractivity contribution in [1.82, 2.24) is 9.97 Å². The fraction of sp³-hybridized carbons (Fsp3) is 0.375. The molecule has 4 rings (SSSR count). The van der Waals surface area contributed by atoms with Gasteiger partial charge in [-0.05, 0) is 42.5 Å². The second-order valence-corrected chi connectivity index (χ2v) is 7.89. The molecule has 2 aliphatic rings. The molecule has 1 aliphatic carbocycles. The zero-order chi connectivity index (χ0) is 16.7. The van der Waals surface area contributed by atoms with Gasteiger partial charge < -0.3 is 10.2 Å². The molecule has 0 spiro atoms. The summed E-state index contributed by atoms with van der Waals surface area (Å²) in [4.78, 5) is 10.9. The minimum absolute atomic E-state index is 0.155. The molecule has 1 fully saturated rings. The summed E-state index contributed by atoms with van der Waals surface area (Å²) in [6.45, 7) is 1.44. The van der Waals surface area contributed by atoms with E-state index in [-0.39, 0.29) is 4.90 Å². The summed E-state index contributed by atoms with van der Waals surface area (Å²) in [5.74, 6) is 1.69. The second-order valence-electron chi connectivity index (χ2n) is 6.33. The van der Waals surface area contributed by atoms with Gasteiger partial charge in [-0.3, -0.25) is 0 Å². The van der Waals surface area contributed by atoms with Crippen LogP contribution in [-0.4, -0.2) is 31.0 Å². The highest BCUT2D eigenvalue weighted by molar-refractivity contribution is 7.89. The molecule has 7 nitrogen and oxygen atoms in total. The minimum atomic E-state index is -3.69. The Morgan fingerprint density at radius 2 is 2.00 bits per heavy atom. The van der Waals surface area contributed by atoms with Gasteiger partial charge in [-0.1, -0.05) is 6.07 Å². The van der Waals surface area contributed by atoms with E-state index in [0.717, 1.165) is 35.7 Å². The number of hydrogen-bond acceptors (Lipinski definition) is 6. The van der Waals surface area contributed by atoms with Gasteiger partial charge in [0.05, 0.1) is 4.90 Å². The summed E-state index contributed by atoms with van der Waals surface area (Å²) < 4.78 is 23.1. The second kappa shape index (κ2) is 5.71. The quantitative estimate of drug-likeness (QED) is 0.865. The van der Waals surface area contributed by atoms with E-state index in [0.29, 0.717) is 12.6 Å². The SMILES string of the molecule is NS(=O)(=O)c1ccc2c(c1)CN(c1cc(NC3CC3)ncn1)CC2. The Balaban J connectivity index is 1.59. The van der Waals surface area contributed by atoms with Gasteiger partial charge in [-0.2, -0.15) is 0 Å².